The van der Waals surface area contributed by atoms with Crippen molar-refractivity contribution < 1.29 is 21.2 Å². The van der Waals surface area contributed by atoms with Crippen LogP contribution in [0, 0.1) is 5.92 Å². The van der Waals surface area contributed by atoms with Gasteiger partial charge < -0.3 is 0 Å². The van der Waals surface area contributed by atoms with Gasteiger partial charge in [0.05, 0.1) is 0 Å². The first-order valence-corrected chi connectivity index (χ1v) is 9.70. The van der Waals surface area contributed by atoms with Gasteiger partial charge in [0.25, 0.3) is 0 Å². The van der Waals surface area contributed by atoms with Crippen LogP contribution in [0.15, 0.2) is 80.5 Å². The van der Waals surface area contributed by atoms with Crippen LogP contribution in [0.1, 0.15) is 25.0 Å². The molecule has 3 rings (SSSR count). The van der Waals surface area contributed by atoms with E-state index in [9.17, 15) is 0 Å². The molecule has 0 saturated carbocycles. The second-order valence-corrected chi connectivity index (χ2v) is 8.27. The molecule has 0 N–H and O–H groups in total. The van der Waals surface area contributed by atoms with Gasteiger partial charge in [-0.3, -0.25) is 0 Å². The standard InChI is InChI=1S/C20H20I/c1-16(2)19-15-20(13-14-21-19,17-9-5-3-6-10-17)18-11-7-4-8-12-18/h3-16H,1-2H3/q-1. The quantitative estimate of drug-likeness (QED) is 0.708. The molecule has 0 fully saturated rings. The van der Waals surface area contributed by atoms with E-state index in [-0.39, 0.29) is 26.6 Å². The average molecular weight is 387 g/mol. The Morgan fingerprint density at radius 1 is 0.810 bits per heavy atom. The van der Waals surface area contributed by atoms with Gasteiger partial charge in [-0.2, -0.15) is 0 Å². The summed E-state index contributed by atoms with van der Waals surface area (Å²) in [5, 5.41) is 0. The first-order valence-electron chi connectivity index (χ1n) is 7.37. The zero-order valence-corrected chi connectivity index (χ0v) is 14.6. The summed E-state index contributed by atoms with van der Waals surface area (Å²) in [7, 11) is 0. The predicted octanol–water partition coefficient (Wildman–Crippen LogP) is 2.13. The van der Waals surface area contributed by atoms with Crippen molar-refractivity contribution in [2.75, 3.05) is 0 Å². The van der Waals surface area contributed by atoms with Gasteiger partial charge in [-0.1, -0.05) is 0 Å². The zero-order valence-electron chi connectivity index (χ0n) is 12.5. The molecule has 1 aliphatic rings. The summed E-state index contributed by atoms with van der Waals surface area (Å²) in [6.07, 6.45) is 4.94. The Bertz CT molecular complexity index is 611. The van der Waals surface area contributed by atoms with Gasteiger partial charge in [0.15, 0.2) is 0 Å². The van der Waals surface area contributed by atoms with Crippen LogP contribution in [0.25, 0.3) is 0 Å². The summed E-state index contributed by atoms with van der Waals surface area (Å²) in [5.41, 5.74) is 2.61. The number of halogens is 1. The molecule has 0 atom stereocenters. The molecule has 1 heteroatoms. The third-order valence-electron chi connectivity index (χ3n) is 3.93. The van der Waals surface area contributed by atoms with Crippen molar-refractivity contribution in [1.29, 1.82) is 0 Å². The average Bonchev–Trinajstić information content (AvgIpc) is 2.56. The van der Waals surface area contributed by atoms with E-state index in [1.54, 1.807) is 3.58 Å². The van der Waals surface area contributed by atoms with Crippen molar-refractivity contribution in [2.24, 2.45) is 5.92 Å². The summed E-state index contributed by atoms with van der Waals surface area (Å²) >= 11 is 0.0456. The SMILES string of the molecule is CC(C)C1=CC(c2ccccc2)(c2ccccc2)C=C[I-]1. The van der Waals surface area contributed by atoms with Crippen LogP contribution in [0.4, 0.5) is 0 Å². The minimum atomic E-state index is -0.0971. The topological polar surface area (TPSA) is 0 Å². The fraction of sp³-hybridized carbons (Fsp3) is 0.200. The third kappa shape index (κ3) is 2.84. The molecular weight excluding hydrogens is 367 g/mol. The van der Waals surface area contributed by atoms with Crippen molar-refractivity contribution in [2.45, 2.75) is 19.3 Å². The van der Waals surface area contributed by atoms with Gasteiger partial charge in [0.2, 0.25) is 0 Å². The fourth-order valence-corrected chi connectivity index (χ4v) is 5.30. The van der Waals surface area contributed by atoms with Gasteiger partial charge in [-0.15, -0.1) is 0 Å². The molecule has 2 aromatic rings. The molecule has 1 heterocycles. The number of rotatable bonds is 3. The molecule has 0 unspecified atom stereocenters. The van der Waals surface area contributed by atoms with E-state index < -0.39 is 0 Å². The van der Waals surface area contributed by atoms with Gasteiger partial charge in [-0.25, -0.2) is 0 Å². The normalized spacial score (nSPS) is 17.2. The monoisotopic (exact) mass is 387 g/mol. The van der Waals surface area contributed by atoms with Crippen LogP contribution in [0.3, 0.4) is 0 Å². The Morgan fingerprint density at radius 3 is 1.81 bits per heavy atom. The first-order chi connectivity index (χ1) is 10.2. The Labute approximate surface area is 137 Å². The molecule has 0 aliphatic carbocycles. The molecule has 108 valence electrons. The van der Waals surface area contributed by atoms with Crippen LogP contribution in [0.2, 0.25) is 0 Å². The van der Waals surface area contributed by atoms with Crippen molar-refractivity contribution in [1.82, 2.24) is 0 Å². The van der Waals surface area contributed by atoms with Crippen LogP contribution in [-0.2, 0) is 5.41 Å². The van der Waals surface area contributed by atoms with Gasteiger partial charge in [0, 0.05) is 0 Å². The summed E-state index contributed by atoms with van der Waals surface area (Å²) in [4.78, 5) is 0. The summed E-state index contributed by atoms with van der Waals surface area (Å²) in [5.74, 6) is 0.634. The molecule has 21 heavy (non-hydrogen) atoms. The third-order valence-corrected chi connectivity index (χ3v) is 6.93. The first kappa shape index (κ1) is 14.6. The van der Waals surface area contributed by atoms with Crippen molar-refractivity contribution in [3.8, 4) is 0 Å². The van der Waals surface area contributed by atoms with Crippen molar-refractivity contribution in [3.63, 3.8) is 0 Å². The second-order valence-electron chi connectivity index (χ2n) is 5.69. The van der Waals surface area contributed by atoms with Gasteiger partial charge >= 0.3 is 138 Å². The van der Waals surface area contributed by atoms with E-state index in [1.165, 1.54) is 11.1 Å². The van der Waals surface area contributed by atoms with E-state index >= 15 is 0 Å². The van der Waals surface area contributed by atoms with Crippen LogP contribution in [-0.4, -0.2) is 0 Å². The Hall–Kier alpha value is -1.35. The Balaban J connectivity index is 2.21. The van der Waals surface area contributed by atoms with Crippen molar-refractivity contribution >= 4 is 0 Å². The maximum absolute atomic E-state index is 2.52. The minimum absolute atomic E-state index is 0.0456. The van der Waals surface area contributed by atoms with Gasteiger partial charge in [-0.05, 0) is 0 Å². The Kier molecular flexibility index (Phi) is 4.29. The second kappa shape index (κ2) is 6.18. The van der Waals surface area contributed by atoms with E-state index in [0.29, 0.717) is 5.92 Å². The zero-order chi connectivity index (χ0) is 14.7. The summed E-state index contributed by atoms with van der Waals surface area (Å²) in [6, 6.07) is 21.7. The Morgan fingerprint density at radius 2 is 1.33 bits per heavy atom. The predicted molar refractivity (Wildman–Crippen MR) is 85.7 cm³/mol. The molecule has 0 radical (unpaired) electrons. The molecule has 0 saturated heterocycles. The van der Waals surface area contributed by atoms with Crippen LogP contribution < -0.4 is 21.2 Å². The molecule has 0 nitrogen and oxygen atoms in total. The van der Waals surface area contributed by atoms with E-state index in [4.69, 9.17) is 0 Å². The molecule has 0 spiro atoms. The molecule has 0 aromatic heterocycles. The number of allylic oxidation sites excluding steroid dienone is 3. The maximum atomic E-state index is 2.52. The molecule has 1 aliphatic heterocycles. The summed E-state index contributed by atoms with van der Waals surface area (Å²) < 4.78 is 4.07. The van der Waals surface area contributed by atoms with Crippen LogP contribution >= 0.6 is 0 Å². The number of hydrogen-bond acceptors (Lipinski definition) is 0. The van der Waals surface area contributed by atoms with Crippen LogP contribution in [0.5, 0.6) is 0 Å². The molecule has 0 amide bonds. The van der Waals surface area contributed by atoms with Gasteiger partial charge in [0.1, 0.15) is 0 Å². The molecule has 2 aromatic carbocycles. The number of hydrogen-bond donors (Lipinski definition) is 0. The molecule has 0 bridgehead atoms. The molecular formula is C20H20I-. The van der Waals surface area contributed by atoms with E-state index in [1.807, 2.05) is 0 Å². The fourth-order valence-electron chi connectivity index (χ4n) is 2.75. The number of benzene rings is 2. The summed E-state index contributed by atoms with van der Waals surface area (Å²) in [6.45, 7) is 4.62. The van der Waals surface area contributed by atoms with Crippen molar-refractivity contribution in [3.05, 3.63) is 91.6 Å². The van der Waals surface area contributed by atoms with E-state index in [2.05, 4.69) is 90.7 Å². The van der Waals surface area contributed by atoms with E-state index in [0.717, 1.165) is 0 Å².